The van der Waals surface area contributed by atoms with Crippen molar-refractivity contribution in [2.45, 2.75) is 52.5 Å². The molecular weight excluding hydrogens is 516 g/mol. The summed E-state index contributed by atoms with van der Waals surface area (Å²) < 4.78 is 6.32. The van der Waals surface area contributed by atoms with Gasteiger partial charge in [0, 0.05) is 43.0 Å². The molecule has 210 valence electrons. The summed E-state index contributed by atoms with van der Waals surface area (Å²) in [4.78, 5) is 11.2. The molecule has 0 amide bonds. The maximum Gasteiger partial charge on any atom is 0.124 e. The third-order valence-corrected chi connectivity index (χ3v) is 10.6. The second-order valence-electron chi connectivity index (χ2n) is 11.8. The van der Waals surface area contributed by atoms with Gasteiger partial charge in [-0.25, -0.2) is 4.98 Å². The van der Waals surface area contributed by atoms with Gasteiger partial charge in [0.1, 0.15) is 10.8 Å². The van der Waals surface area contributed by atoms with E-state index in [1.165, 1.54) is 51.2 Å². The molecule has 1 atom stereocenters. The lowest BCUT2D eigenvalue weighted by Crippen LogP contribution is -2.36. The Hall–Kier alpha value is -2.76. The molecule has 1 N–H and O–H groups in total. The van der Waals surface area contributed by atoms with Crippen LogP contribution >= 0.6 is 11.3 Å². The Morgan fingerprint density at radius 2 is 1.77 bits per heavy atom. The first-order chi connectivity index (χ1) is 19.5. The fraction of sp³-hybridized carbons (Fsp3) is 0.515. The summed E-state index contributed by atoms with van der Waals surface area (Å²) in [6.07, 6.45) is 5.43. The molecule has 6 nitrogen and oxygen atoms in total. The number of likely N-dealkylation sites (tertiary alicyclic amines) is 1. The van der Waals surface area contributed by atoms with Gasteiger partial charge in [0.05, 0.1) is 30.9 Å². The minimum atomic E-state index is 0.202. The zero-order chi connectivity index (χ0) is 27.7. The highest BCUT2D eigenvalue weighted by atomic mass is 32.1. The molecule has 1 aliphatic carbocycles. The molecule has 2 aromatic carbocycles. The second-order valence-corrected chi connectivity index (χ2v) is 12.9. The Morgan fingerprint density at radius 3 is 2.52 bits per heavy atom. The van der Waals surface area contributed by atoms with Crippen LogP contribution in [-0.2, 0) is 13.0 Å². The van der Waals surface area contributed by atoms with E-state index in [0.717, 1.165) is 69.3 Å². The van der Waals surface area contributed by atoms with Gasteiger partial charge in [0.2, 0.25) is 0 Å². The summed E-state index contributed by atoms with van der Waals surface area (Å²) >= 11 is 1.80. The quantitative estimate of drug-likeness (QED) is 0.334. The van der Waals surface area contributed by atoms with Crippen molar-refractivity contribution < 1.29 is 9.84 Å². The van der Waals surface area contributed by atoms with E-state index in [1.807, 2.05) is 0 Å². The number of β-amino-alcohol motifs (C(OH)–C–C–N with tert-alkyl or cyclic N) is 1. The number of piperidine rings is 1. The molecule has 2 fully saturated rings. The third-order valence-electron chi connectivity index (χ3n) is 9.44. The lowest BCUT2D eigenvalue weighted by Gasteiger charge is -2.32. The van der Waals surface area contributed by atoms with Gasteiger partial charge in [-0.1, -0.05) is 30.3 Å². The predicted molar refractivity (Wildman–Crippen MR) is 160 cm³/mol. The zero-order valence-corrected chi connectivity index (χ0v) is 24.6. The van der Waals surface area contributed by atoms with E-state index in [1.54, 1.807) is 11.3 Å². The van der Waals surface area contributed by atoms with Gasteiger partial charge in [-0.3, -0.25) is 4.90 Å². The first kappa shape index (κ1) is 27.4. The zero-order valence-electron chi connectivity index (χ0n) is 23.8. The molecule has 3 heterocycles. The largest absolute Gasteiger partial charge is 0.493 e. The molecule has 7 heteroatoms. The van der Waals surface area contributed by atoms with E-state index < -0.39 is 0 Å². The van der Waals surface area contributed by atoms with E-state index in [2.05, 4.69) is 66.1 Å². The Morgan fingerprint density at radius 1 is 1.02 bits per heavy atom. The van der Waals surface area contributed by atoms with Crippen molar-refractivity contribution in [2.24, 2.45) is 11.3 Å². The van der Waals surface area contributed by atoms with E-state index in [0.29, 0.717) is 17.9 Å². The minimum absolute atomic E-state index is 0.202. The van der Waals surface area contributed by atoms with Crippen LogP contribution in [-0.4, -0.2) is 65.8 Å². The highest BCUT2D eigenvalue weighted by Gasteiger charge is 2.55. The fourth-order valence-electron chi connectivity index (χ4n) is 6.69. The van der Waals surface area contributed by atoms with Crippen molar-refractivity contribution in [1.29, 1.82) is 5.26 Å². The second kappa shape index (κ2) is 11.6. The Labute approximate surface area is 242 Å². The first-order valence-electron chi connectivity index (χ1n) is 14.8. The van der Waals surface area contributed by atoms with E-state index >= 15 is 0 Å². The van der Waals surface area contributed by atoms with E-state index in [9.17, 15) is 10.4 Å². The number of ether oxygens (including phenoxy) is 1. The lowest BCUT2D eigenvalue weighted by molar-refractivity contribution is 0.156. The number of rotatable bonds is 9. The number of benzene rings is 2. The molecule has 1 aromatic heterocycles. The first-order valence-corrected chi connectivity index (χ1v) is 15.6. The number of nitriles is 1. The summed E-state index contributed by atoms with van der Waals surface area (Å²) in [5.41, 5.74) is 7.64. The topological polar surface area (TPSA) is 72.6 Å². The number of aromatic nitrogens is 1. The summed E-state index contributed by atoms with van der Waals surface area (Å²) in [5.74, 6) is 1.27. The summed E-state index contributed by atoms with van der Waals surface area (Å²) in [7, 11) is 0. The fourth-order valence-corrected chi connectivity index (χ4v) is 7.93. The summed E-state index contributed by atoms with van der Waals surface area (Å²) in [6, 6.07) is 15.4. The summed E-state index contributed by atoms with van der Waals surface area (Å²) in [6.45, 7) is 11.1. The van der Waals surface area contributed by atoms with E-state index in [4.69, 9.17) is 9.72 Å². The van der Waals surface area contributed by atoms with Crippen molar-refractivity contribution >= 4 is 11.3 Å². The molecule has 3 aromatic rings. The average Bonchev–Trinajstić information content (AvgIpc) is 3.48. The van der Waals surface area contributed by atoms with Crippen molar-refractivity contribution in [1.82, 2.24) is 14.8 Å². The molecule has 1 unspecified atom stereocenters. The van der Waals surface area contributed by atoms with Crippen LogP contribution in [0.15, 0.2) is 36.4 Å². The molecule has 3 aliphatic rings. The van der Waals surface area contributed by atoms with Crippen molar-refractivity contribution in [2.75, 3.05) is 45.9 Å². The van der Waals surface area contributed by atoms with Crippen LogP contribution in [0.5, 0.6) is 5.75 Å². The monoisotopic (exact) mass is 556 g/mol. The van der Waals surface area contributed by atoms with Crippen molar-refractivity contribution in [3.05, 3.63) is 58.1 Å². The molecule has 1 saturated carbocycles. The van der Waals surface area contributed by atoms with Crippen LogP contribution in [0.3, 0.4) is 0 Å². The standard InChI is InChI=1S/C33H40N4O2S/c1-23-26(6-3-8-28(23)32-35-29-10-14-37(17-18-38)22-31(29)40-32)27-7-4-9-30(24(27)2)39-19-5-13-36-15-11-33(12-16-36)20-25(33)21-34/h3-4,6-9,25,38H,5,10-20,22H2,1-2H3. The number of aliphatic hydroxyl groups excluding tert-OH is 1. The molecule has 40 heavy (non-hydrogen) atoms. The van der Waals surface area contributed by atoms with Crippen LogP contribution in [0.2, 0.25) is 0 Å². The van der Waals surface area contributed by atoms with E-state index in [-0.39, 0.29) is 6.61 Å². The highest BCUT2D eigenvalue weighted by molar-refractivity contribution is 7.15. The van der Waals surface area contributed by atoms with Gasteiger partial charge in [-0.2, -0.15) is 5.26 Å². The number of thiazole rings is 1. The van der Waals surface area contributed by atoms with Gasteiger partial charge in [0.25, 0.3) is 0 Å². The maximum absolute atomic E-state index is 9.34. The van der Waals surface area contributed by atoms with Crippen LogP contribution in [0.25, 0.3) is 21.7 Å². The van der Waals surface area contributed by atoms with Crippen molar-refractivity contribution in [3.63, 3.8) is 0 Å². The molecule has 1 spiro atoms. The Balaban J connectivity index is 1.10. The van der Waals surface area contributed by atoms with Gasteiger partial charge >= 0.3 is 0 Å². The highest BCUT2D eigenvalue weighted by Crippen LogP contribution is 2.58. The normalized spacial score (nSPS) is 20.3. The summed E-state index contributed by atoms with van der Waals surface area (Å²) in [5, 5.41) is 19.7. The van der Waals surface area contributed by atoms with Crippen LogP contribution < -0.4 is 4.74 Å². The van der Waals surface area contributed by atoms with Gasteiger partial charge < -0.3 is 14.7 Å². The van der Waals surface area contributed by atoms with Crippen molar-refractivity contribution in [3.8, 4) is 33.5 Å². The van der Waals surface area contributed by atoms with Gasteiger partial charge in [-0.15, -0.1) is 11.3 Å². The number of hydrogen-bond acceptors (Lipinski definition) is 7. The maximum atomic E-state index is 9.34. The molecule has 2 aliphatic heterocycles. The van der Waals surface area contributed by atoms with Gasteiger partial charge in [0.15, 0.2) is 0 Å². The third kappa shape index (κ3) is 5.43. The smallest absolute Gasteiger partial charge is 0.124 e. The number of aliphatic hydroxyl groups is 1. The Bertz CT molecular complexity index is 1400. The van der Waals surface area contributed by atoms with Crippen LogP contribution in [0.1, 0.15) is 47.4 Å². The molecular formula is C33H40N4O2S. The molecule has 1 saturated heterocycles. The van der Waals surface area contributed by atoms with Crippen LogP contribution in [0, 0.1) is 36.5 Å². The Kier molecular flexibility index (Phi) is 7.96. The minimum Gasteiger partial charge on any atom is -0.493 e. The number of nitrogens with zero attached hydrogens (tertiary/aromatic N) is 4. The molecule has 0 bridgehead atoms. The van der Waals surface area contributed by atoms with Gasteiger partial charge in [-0.05, 0) is 86.4 Å². The predicted octanol–water partition coefficient (Wildman–Crippen LogP) is 5.84. The average molecular weight is 557 g/mol. The number of hydrogen-bond donors (Lipinski definition) is 1. The lowest BCUT2D eigenvalue weighted by atomic mass is 9.91. The molecule has 6 rings (SSSR count). The van der Waals surface area contributed by atoms with Crippen LogP contribution in [0.4, 0.5) is 0 Å². The SMILES string of the molecule is Cc1c(OCCCN2CCC3(CC2)CC3C#N)cccc1-c1cccc(-c2nc3c(s2)CN(CCO)CC3)c1C. The molecule has 0 radical (unpaired) electrons. The number of fused-ring (bicyclic) bond motifs is 1.